The summed E-state index contributed by atoms with van der Waals surface area (Å²) in [5.74, 6) is 1.32. The Kier molecular flexibility index (Phi) is 6.32. The third kappa shape index (κ3) is 4.84. The fourth-order valence-corrected chi connectivity index (χ4v) is 4.97. The highest BCUT2D eigenvalue weighted by Gasteiger charge is 2.28. The van der Waals surface area contributed by atoms with Crippen LogP contribution in [0.1, 0.15) is 46.1 Å². The molecule has 8 heteroatoms. The van der Waals surface area contributed by atoms with Crippen LogP contribution in [0.4, 0.5) is 10.6 Å². The van der Waals surface area contributed by atoms with Crippen molar-refractivity contribution in [3.63, 3.8) is 0 Å². The van der Waals surface area contributed by atoms with Crippen molar-refractivity contribution < 1.29 is 9.53 Å². The maximum absolute atomic E-state index is 12.4. The van der Waals surface area contributed by atoms with E-state index in [1.54, 1.807) is 16.2 Å². The standard InChI is InChI=1S/C24H29ClN4O2S/c1-15(2)16-6-8-17(9-7-16)18-14-32-21-19(18)20(26-22(25)27-21)28-10-12-29(13-11-28)23(30)31-24(3,4)5/h6-9,14-15H,10-13H2,1-5H3. The van der Waals surface area contributed by atoms with E-state index in [2.05, 4.69) is 58.4 Å². The summed E-state index contributed by atoms with van der Waals surface area (Å²) in [5.41, 5.74) is 3.06. The summed E-state index contributed by atoms with van der Waals surface area (Å²) in [7, 11) is 0. The molecular formula is C24H29ClN4O2S. The Bertz CT molecular complexity index is 1110. The molecule has 4 rings (SSSR count). The van der Waals surface area contributed by atoms with Gasteiger partial charge in [0.15, 0.2) is 0 Å². The first-order chi connectivity index (χ1) is 15.1. The second kappa shape index (κ2) is 8.87. The number of rotatable bonds is 3. The van der Waals surface area contributed by atoms with Gasteiger partial charge in [0.25, 0.3) is 0 Å². The maximum atomic E-state index is 12.4. The van der Waals surface area contributed by atoms with Gasteiger partial charge in [0.2, 0.25) is 5.28 Å². The van der Waals surface area contributed by atoms with Crippen LogP contribution in [-0.2, 0) is 4.74 Å². The molecule has 0 bridgehead atoms. The van der Waals surface area contributed by atoms with Gasteiger partial charge in [-0.1, -0.05) is 38.1 Å². The Morgan fingerprint density at radius 1 is 1.09 bits per heavy atom. The van der Waals surface area contributed by atoms with E-state index in [-0.39, 0.29) is 11.4 Å². The van der Waals surface area contributed by atoms with E-state index in [9.17, 15) is 4.79 Å². The number of hydrogen-bond donors (Lipinski definition) is 0. The van der Waals surface area contributed by atoms with E-state index in [1.165, 1.54) is 5.56 Å². The summed E-state index contributed by atoms with van der Waals surface area (Å²) in [5, 5.41) is 3.38. The van der Waals surface area contributed by atoms with Gasteiger partial charge in [-0.15, -0.1) is 11.3 Å². The molecule has 0 spiro atoms. The normalized spacial score (nSPS) is 15.0. The SMILES string of the molecule is CC(C)c1ccc(-c2csc3nc(Cl)nc(N4CCN(C(=O)OC(C)(C)C)CC4)c23)cc1. The fourth-order valence-electron chi connectivity index (χ4n) is 3.81. The van der Waals surface area contributed by atoms with Gasteiger partial charge in [-0.05, 0) is 49.4 Å². The molecule has 6 nitrogen and oxygen atoms in total. The highest BCUT2D eigenvalue weighted by molar-refractivity contribution is 7.17. The van der Waals surface area contributed by atoms with E-state index in [4.69, 9.17) is 16.3 Å². The topological polar surface area (TPSA) is 58.6 Å². The van der Waals surface area contributed by atoms with E-state index >= 15 is 0 Å². The van der Waals surface area contributed by atoms with Crippen LogP contribution in [0.3, 0.4) is 0 Å². The van der Waals surface area contributed by atoms with Gasteiger partial charge in [0, 0.05) is 37.1 Å². The van der Waals surface area contributed by atoms with E-state index in [0.717, 1.165) is 27.2 Å². The third-order valence-electron chi connectivity index (χ3n) is 5.51. The minimum absolute atomic E-state index is 0.241. The lowest BCUT2D eigenvalue weighted by molar-refractivity contribution is 0.0240. The number of thiophene rings is 1. The van der Waals surface area contributed by atoms with Crippen molar-refractivity contribution in [3.8, 4) is 11.1 Å². The van der Waals surface area contributed by atoms with Crippen LogP contribution in [0.25, 0.3) is 21.3 Å². The number of ether oxygens (including phenoxy) is 1. The molecule has 1 fully saturated rings. The zero-order valence-electron chi connectivity index (χ0n) is 19.2. The van der Waals surface area contributed by atoms with Crippen LogP contribution in [0.2, 0.25) is 5.28 Å². The minimum Gasteiger partial charge on any atom is -0.444 e. The Balaban J connectivity index is 1.62. The quantitative estimate of drug-likeness (QED) is 0.425. The molecule has 1 aliphatic heterocycles. The van der Waals surface area contributed by atoms with Gasteiger partial charge in [0.05, 0.1) is 5.39 Å². The molecule has 1 aromatic carbocycles. The average Bonchev–Trinajstić information content (AvgIpc) is 3.16. The summed E-state index contributed by atoms with van der Waals surface area (Å²) >= 11 is 7.86. The number of halogens is 1. The molecule has 3 aromatic rings. The number of benzene rings is 1. The van der Waals surface area contributed by atoms with E-state index in [1.807, 2.05) is 20.8 Å². The molecule has 0 aliphatic carbocycles. The van der Waals surface area contributed by atoms with Crippen molar-refractivity contribution in [1.29, 1.82) is 0 Å². The number of carbonyl (C=O) groups excluding carboxylic acids is 1. The second-order valence-corrected chi connectivity index (χ2v) is 10.6. The number of piperazine rings is 1. The molecular weight excluding hydrogens is 444 g/mol. The van der Waals surface area contributed by atoms with Crippen LogP contribution in [0.15, 0.2) is 29.6 Å². The fraction of sp³-hybridized carbons (Fsp3) is 0.458. The molecule has 2 aromatic heterocycles. The Hall–Kier alpha value is -2.38. The van der Waals surface area contributed by atoms with Crippen LogP contribution in [-0.4, -0.2) is 52.7 Å². The number of hydrogen-bond acceptors (Lipinski definition) is 6. The first-order valence-corrected chi connectivity index (χ1v) is 12.2. The van der Waals surface area contributed by atoms with Gasteiger partial charge in [-0.25, -0.2) is 9.78 Å². The number of aromatic nitrogens is 2. The highest BCUT2D eigenvalue weighted by atomic mass is 35.5. The molecule has 0 radical (unpaired) electrons. The third-order valence-corrected chi connectivity index (χ3v) is 6.55. The Morgan fingerprint density at radius 3 is 2.34 bits per heavy atom. The van der Waals surface area contributed by atoms with Crippen molar-refractivity contribution >= 4 is 45.1 Å². The first kappa shape index (κ1) is 22.8. The molecule has 0 N–H and O–H groups in total. The molecule has 1 saturated heterocycles. The highest BCUT2D eigenvalue weighted by Crippen LogP contribution is 2.39. The van der Waals surface area contributed by atoms with Crippen molar-refractivity contribution in [2.24, 2.45) is 0 Å². The lowest BCUT2D eigenvalue weighted by Gasteiger charge is -2.36. The lowest BCUT2D eigenvalue weighted by Crippen LogP contribution is -2.50. The van der Waals surface area contributed by atoms with E-state index in [0.29, 0.717) is 32.1 Å². The van der Waals surface area contributed by atoms with Gasteiger partial charge in [-0.2, -0.15) is 4.98 Å². The summed E-state index contributed by atoms with van der Waals surface area (Å²) in [4.78, 5) is 26.3. The lowest BCUT2D eigenvalue weighted by atomic mass is 9.99. The Labute approximate surface area is 198 Å². The molecule has 0 saturated carbocycles. The Morgan fingerprint density at radius 2 is 1.75 bits per heavy atom. The predicted octanol–water partition coefficient (Wildman–Crippen LogP) is 6.19. The molecule has 0 atom stereocenters. The summed E-state index contributed by atoms with van der Waals surface area (Å²) in [6.07, 6.45) is -0.274. The maximum Gasteiger partial charge on any atom is 0.410 e. The van der Waals surface area contributed by atoms with Crippen LogP contribution < -0.4 is 4.90 Å². The number of amides is 1. The molecule has 1 aliphatic rings. The smallest absolute Gasteiger partial charge is 0.410 e. The predicted molar refractivity (Wildman–Crippen MR) is 132 cm³/mol. The number of anilines is 1. The number of carbonyl (C=O) groups is 1. The summed E-state index contributed by atoms with van der Waals surface area (Å²) in [6.45, 7) is 12.5. The van der Waals surface area contributed by atoms with Gasteiger partial charge < -0.3 is 14.5 Å². The monoisotopic (exact) mass is 472 g/mol. The number of nitrogens with zero attached hydrogens (tertiary/aromatic N) is 4. The first-order valence-electron chi connectivity index (χ1n) is 10.9. The molecule has 3 heterocycles. The van der Waals surface area contributed by atoms with Crippen LogP contribution >= 0.6 is 22.9 Å². The van der Waals surface area contributed by atoms with Crippen molar-refractivity contribution in [2.45, 2.75) is 46.1 Å². The minimum atomic E-state index is -0.503. The number of fused-ring (bicyclic) bond motifs is 1. The van der Waals surface area contributed by atoms with Crippen LogP contribution in [0, 0.1) is 0 Å². The summed E-state index contributed by atoms with van der Waals surface area (Å²) < 4.78 is 5.52. The second-order valence-electron chi connectivity index (χ2n) is 9.38. The van der Waals surface area contributed by atoms with Crippen molar-refractivity contribution in [2.75, 3.05) is 31.1 Å². The molecule has 32 heavy (non-hydrogen) atoms. The molecule has 170 valence electrons. The van der Waals surface area contributed by atoms with Gasteiger partial charge >= 0.3 is 6.09 Å². The largest absolute Gasteiger partial charge is 0.444 e. The average molecular weight is 473 g/mol. The van der Waals surface area contributed by atoms with Gasteiger partial charge in [0.1, 0.15) is 16.2 Å². The zero-order valence-corrected chi connectivity index (χ0v) is 20.8. The van der Waals surface area contributed by atoms with Crippen LogP contribution in [0.5, 0.6) is 0 Å². The summed E-state index contributed by atoms with van der Waals surface area (Å²) in [6, 6.07) is 8.68. The van der Waals surface area contributed by atoms with Crippen molar-refractivity contribution in [3.05, 3.63) is 40.5 Å². The molecule has 1 amide bonds. The molecule has 0 unspecified atom stereocenters. The van der Waals surface area contributed by atoms with E-state index < -0.39 is 5.60 Å². The van der Waals surface area contributed by atoms with Gasteiger partial charge in [-0.3, -0.25) is 0 Å². The van der Waals surface area contributed by atoms with Crippen molar-refractivity contribution in [1.82, 2.24) is 14.9 Å². The zero-order chi connectivity index (χ0) is 23.0.